The Balaban J connectivity index is 2.29. The van der Waals surface area contributed by atoms with E-state index >= 15 is 0 Å². The first-order chi connectivity index (χ1) is 13.4. The monoisotopic (exact) mass is 423 g/mol. The molecule has 1 heterocycles. The molecule has 0 saturated heterocycles. The van der Waals surface area contributed by atoms with Crippen molar-refractivity contribution in [2.24, 2.45) is 5.92 Å². The van der Waals surface area contributed by atoms with E-state index in [1.807, 2.05) is 13.8 Å². The maximum atomic E-state index is 12.8. The highest BCUT2D eigenvalue weighted by Crippen LogP contribution is 2.31. The van der Waals surface area contributed by atoms with Crippen molar-refractivity contribution < 1.29 is 23.5 Å². The van der Waals surface area contributed by atoms with Gasteiger partial charge in [0.2, 0.25) is 0 Å². The van der Waals surface area contributed by atoms with Crippen molar-refractivity contribution in [2.75, 3.05) is 0 Å². The molecule has 2 atom stereocenters. The molecule has 0 fully saturated rings. The number of ether oxygens (including phenoxy) is 2. The van der Waals surface area contributed by atoms with Gasteiger partial charge in [0, 0.05) is 17.5 Å². The van der Waals surface area contributed by atoms with Gasteiger partial charge < -0.3 is 19.2 Å². The third kappa shape index (κ3) is 5.97. The van der Waals surface area contributed by atoms with Gasteiger partial charge in [0.1, 0.15) is 17.2 Å². The Bertz CT molecular complexity index is 976. The smallest absolute Gasteiger partial charge is 0.408 e. The van der Waals surface area contributed by atoms with E-state index < -0.39 is 29.3 Å². The molecule has 0 aliphatic heterocycles. The van der Waals surface area contributed by atoms with Gasteiger partial charge >= 0.3 is 17.7 Å². The lowest BCUT2D eigenvalue weighted by Crippen LogP contribution is -2.48. The molecule has 29 heavy (non-hydrogen) atoms. The number of hydrogen-bond acceptors (Lipinski definition) is 6. The zero-order valence-corrected chi connectivity index (χ0v) is 18.2. The fraction of sp³-hybridized carbons (Fsp3) is 0.476. The Morgan fingerprint density at radius 1 is 1.24 bits per heavy atom. The van der Waals surface area contributed by atoms with Gasteiger partial charge in [-0.2, -0.15) is 0 Å². The number of esters is 1. The number of benzene rings is 1. The first-order valence-electron chi connectivity index (χ1n) is 9.36. The van der Waals surface area contributed by atoms with Crippen LogP contribution in [0.2, 0.25) is 5.02 Å². The Hall–Kier alpha value is -2.54. The van der Waals surface area contributed by atoms with Crippen molar-refractivity contribution in [1.29, 1.82) is 0 Å². The van der Waals surface area contributed by atoms with E-state index in [4.69, 9.17) is 25.5 Å². The quantitative estimate of drug-likeness (QED) is 0.429. The topological polar surface area (TPSA) is 94.8 Å². The first-order valence-corrected chi connectivity index (χ1v) is 9.74. The molecule has 0 saturated carbocycles. The Labute approximate surface area is 174 Å². The van der Waals surface area contributed by atoms with Crippen molar-refractivity contribution >= 4 is 34.6 Å². The lowest BCUT2D eigenvalue weighted by Gasteiger charge is -2.25. The number of carbonyl (C=O) groups excluding carboxylic acids is 2. The number of halogens is 1. The highest BCUT2D eigenvalue weighted by molar-refractivity contribution is 6.33. The zero-order chi connectivity index (χ0) is 21.9. The predicted molar refractivity (Wildman–Crippen MR) is 110 cm³/mol. The number of nitrogens with one attached hydrogen (secondary N) is 1. The average molecular weight is 424 g/mol. The van der Waals surface area contributed by atoms with Gasteiger partial charge in [-0.15, -0.1) is 0 Å². The minimum absolute atomic E-state index is 0.0391. The Morgan fingerprint density at radius 2 is 1.90 bits per heavy atom. The molecule has 1 aromatic heterocycles. The van der Waals surface area contributed by atoms with Crippen molar-refractivity contribution in [2.45, 2.75) is 59.6 Å². The number of amides is 1. The van der Waals surface area contributed by atoms with Crippen molar-refractivity contribution in [3.05, 3.63) is 39.2 Å². The van der Waals surface area contributed by atoms with Crippen molar-refractivity contribution in [1.82, 2.24) is 5.32 Å². The summed E-state index contributed by atoms with van der Waals surface area (Å²) < 4.78 is 15.9. The molecule has 2 aromatic rings. The fourth-order valence-corrected chi connectivity index (χ4v) is 2.88. The lowest BCUT2D eigenvalue weighted by atomic mass is 9.99. The van der Waals surface area contributed by atoms with Crippen LogP contribution in [0.1, 0.15) is 46.6 Å². The summed E-state index contributed by atoms with van der Waals surface area (Å²) in [5.41, 5.74) is -0.272. The molecule has 7 nitrogen and oxygen atoms in total. The van der Waals surface area contributed by atoms with Crippen LogP contribution in [-0.4, -0.2) is 23.7 Å². The minimum Gasteiger partial charge on any atom is -0.444 e. The SMILES string of the molecule is CCC(C)C(NC(=O)OC(C)(C)C)C(=O)Oc1cc2oc(=O)cc(C)c2cc1Cl. The second-order valence-electron chi connectivity index (χ2n) is 7.96. The van der Waals surface area contributed by atoms with E-state index in [2.05, 4.69) is 5.32 Å². The van der Waals surface area contributed by atoms with Crippen LogP contribution in [0.5, 0.6) is 5.75 Å². The number of aryl methyl sites for hydroxylation is 1. The fourth-order valence-electron chi connectivity index (χ4n) is 2.67. The maximum Gasteiger partial charge on any atom is 0.408 e. The summed E-state index contributed by atoms with van der Waals surface area (Å²) in [4.78, 5) is 36.6. The summed E-state index contributed by atoms with van der Waals surface area (Å²) in [7, 11) is 0. The van der Waals surface area contributed by atoms with Gasteiger partial charge in [0.05, 0.1) is 5.02 Å². The number of rotatable bonds is 5. The van der Waals surface area contributed by atoms with Crippen LogP contribution >= 0.6 is 11.6 Å². The zero-order valence-electron chi connectivity index (χ0n) is 17.4. The van der Waals surface area contributed by atoms with Gasteiger partial charge in [0.25, 0.3) is 0 Å². The predicted octanol–water partition coefficient (Wildman–Crippen LogP) is 4.60. The van der Waals surface area contributed by atoms with Crippen LogP contribution in [0, 0.1) is 12.8 Å². The summed E-state index contributed by atoms with van der Waals surface area (Å²) in [5.74, 6) is -0.868. The van der Waals surface area contributed by atoms with Crippen LogP contribution in [0.15, 0.2) is 27.4 Å². The molecule has 2 unspecified atom stereocenters. The Morgan fingerprint density at radius 3 is 2.48 bits per heavy atom. The lowest BCUT2D eigenvalue weighted by molar-refractivity contribution is -0.138. The highest BCUT2D eigenvalue weighted by Gasteiger charge is 2.30. The van der Waals surface area contributed by atoms with Gasteiger partial charge in [-0.25, -0.2) is 14.4 Å². The molecule has 0 radical (unpaired) electrons. The molecule has 1 N–H and O–H groups in total. The number of hydrogen-bond donors (Lipinski definition) is 1. The van der Waals surface area contributed by atoms with E-state index in [9.17, 15) is 14.4 Å². The summed E-state index contributed by atoms with van der Waals surface area (Å²) in [6, 6.07) is 3.38. The van der Waals surface area contributed by atoms with Crippen LogP contribution in [0.25, 0.3) is 11.0 Å². The van der Waals surface area contributed by atoms with E-state index in [-0.39, 0.29) is 22.3 Å². The number of carbonyl (C=O) groups is 2. The molecule has 1 aromatic carbocycles. The normalized spacial score (nSPS) is 13.6. The summed E-state index contributed by atoms with van der Waals surface area (Å²) >= 11 is 6.26. The van der Waals surface area contributed by atoms with Gasteiger partial charge in [-0.05, 0) is 45.2 Å². The largest absolute Gasteiger partial charge is 0.444 e. The molecule has 1 amide bonds. The highest BCUT2D eigenvalue weighted by atomic mass is 35.5. The molecule has 0 bridgehead atoms. The van der Waals surface area contributed by atoms with Crippen LogP contribution in [0.3, 0.4) is 0 Å². The molecular formula is C21H26ClNO6. The summed E-state index contributed by atoms with van der Waals surface area (Å²) in [6.45, 7) is 10.6. The first kappa shape index (κ1) is 22.7. The van der Waals surface area contributed by atoms with Gasteiger partial charge in [-0.3, -0.25) is 0 Å². The summed E-state index contributed by atoms with van der Waals surface area (Å²) in [6.07, 6.45) is -0.0966. The minimum atomic E-state index is -0.939. The van der Waals surface area contributed by atoms with Gasteiger partial charge in [0.15, 0.2) is 5.75 Å². The molecule has 0 aliphatic carbocycles. The standard InChI is InChI=1S/C21H26ClNO6/c1-7-11(2)18(23-20(26)29-21(4,5)6)19(25)28-16-10-15-13(9-14(16)22)12(3)8-17(24)27-15/h8-11,18H,7H2,1-6H3,(H,23,26). The van der Waals surface area contributed by atoms with E-state index in [1.165, 1.54) is 12.1 Å². The van der Waals surface area contributed by atoms with Gasteiger partial charge in [-0.1, -0.05) is 31.9 Å². The average Bonchev–Trinajstić information content (AvgIpc) is 2.58. The second kappa shape index (κ2) is 8.86. The molecule has 158 valence electrons. The van der Waals surface area contributed by atoms with Crippen LogP contribution in [-0.2, 0) is 9.53 Å². The van der Waals surface area contributed by atoms with Crippen molar-refractivity contribution in [3.63, 3.8) is 0 Å². The number of fused-ring (bicyclic) bond motifs is 1. The van der Waals surface area contributed by atoms with E-state index in [0.717, 1.165) is 0 Å². The molecule has 0 aliphatic rings. The third-order valence-electron chi connectivity index (χ3n) is 4.35. The molecule has 2 rings (SSSR count). The molecular weight excluding hydrogens is 398 g/mol. The molecule has 0 spiro atoms. The molecule has 8 heteroatoms. The van der Waals surface area contributed by atoms with E-state index in [0.29, 0.717) is 17.4 Å². The summed E-state index contributed by atoms with van der Waals surface area (Å²) in [5, 5.41) is 3.39. The maximum absolute atomic E-state index is 12.8. The van der Waals surface area contributed by atoms with Crippen molar-refractivity contribution in [3.8, 4) is 5.75 Å². The number of alkyl carbamates (subject to hydrolysis) is 1. The second-order valence-corrected chi connectivity index (χ2v) is 8.36. The third-order valence-corrected chi connectivity index (χ3v) is 4.65. The Kier molecular flexibility index (Phi) is 6.95. The van der Waals surface area contributed by atoms with Crippen LogP contribution < -0.4 is 15.7 Å². The van der Waals surface area contributed by atoms with Crippen LogP contribution in [0.4, 0.5) is 4.79 Å². The van der Waals surface area contributed by atoms with E-state index in [1.54, 1.807) is 33.8 Å².